The molecule has 2 N–H and O–H groups in total. The molecule has 0 heterocycles. The summed E-state index contributed by atoms with van der Waals surface area (Å²) < 4.78 is 32.3. The summed E-state index contributed by atoms with van der Waals surface area (Å²) in [6.07, 6.45) is 4.85. The van der Waals surface area contributed by atoms with Crippen LogP contribution in [0.1, 0.15) is 56.3 Å². The van der Waals surface area contributed by atoms with Crippen LogP contribution in [0.2, 0.25) is 0 Å². The van der Waals surface area contributed by atoms with Gasteiger partial charge in [-0.3, -0.25) is 4.79 Å². The number of rotatable bonds is 8. The van der Waals surface area contributed by atoms with Gasteiger partial charge in [0, 0.05) is 17.6 Å². The summed E-state index contributed by atoms with van der Waals surface area (Å²) in [5, 5.41) is 2.84. The van der Waals surface area contributed by atoms with E-state index in [2.05, 4.69) is 26.0 Å². The fourth-order valence-corrected chi connectivity index (χ4v) is 4.63. The fraction of sp³-hybridized carbons (Fsp3) is 0.579. The van der Waals surface area contributed by atoms with Crippen molar-refractivity contribution < 1.29 is 22.7 Å². The lowest BCUT2D eigenvalue weighted by molar-refractivity contribution is -0.129. The standard InChI is InChI=1S/C19H27BrN2O5S/c1-3-22-28(25,26)15-9-10-17(20)16(11-15)19(24)27-13(2)18(23)21-12-14-7-5-4-6-8-14/h9-11,13-14,22H,3-8,12H2,1-2H3,(H,21,23)/t13-/m1/s1. The Hall–Kier alpha value is -1.45. The second-order valence-corrected chi connectivity index (χ2v) is 9.56. The predicted octanol–water partition coefficient (Wildman–Crippen LogP) is 2.99. The van der Waals surface area contributed by atoms with Crippen LogP contribution in [0, 0.1) is 5.92 Å². The van der Waals surface area contributed by atoms with E-state index < -0.39 is 22.1 Å². The van der Waals surface area contributed by atoms with Crippen LogP contribution >= 0.6 is 15.9 Å². The SMILES string of the molecule is CCNS(=O)(=O)c1ccc(Br)c(C(=O)O[C@H](C)C(=O)NCC2CCCCC2)c1. The summed E-state index contributed by atoms with van der Waals surface area (Å²) in [4.78, 5) is 24.7. The number of carbonyl (C=O) groups excluding carboxylic acids is 2. The number of ether oxygens (including phenoxy) is 1. The molecule has 9 heteroatoms. The van der Waals surface area contributed by atoms with Gasteiger partial charge in [0.15, 0.2) is 6.10 Å². The third-order valence-electron chi connectivity index (χ3n) is 4.75. The zero-order valence-corrected chi connectivity index (χ0v) is 18.6. The molecule has 156 valence electrons. The Morgan fingerprint density at radius 3 is 2.57 bits per heavy atom. The van der Waals surface area contributed by atoms with Gasteiger partial charge in [-0.1, -0.05) is 26.2 Å². The maximum atomic E-state index is 12.5. The highest BCUT2D eigenvalue weighted by Gasteiger charge is 2.23. The van der Waals surface area contributed by atoms with Gasteiger partial charge in [-0.05, 0) is 59.8 Å². The average molecular weight is 475 g/mol. The largest absolute Gasteiger partial charge is 0.449 e. The first-order chi connectivity index (χ1) is 13.2. The molecule has 0 radical (unpaired) electrons. The molecule has 0 aromatic heterocycles. The van der Waals surface area contributed by atoms with Crippen molar-refractivity contribution in [2.75, 3.05) is 13.1 Å². The van der Waals surface area contributed by atoms with Gasteiger partial charge in [-0.2, -0.15) is 0 Å². The van der Waals surface area contributed by atoms with Crippen molar-refractivity contribution in [1.82, 2.24) is 10.0 Å². The van der Waals surface area contributed by atoms with Gasteiger partial charge in [0.05, 0.1) is 10.5 Å². The molecule has 1 aromatic carbocycles. The van der Waals surface area contributed by atoms with E-state index in [1.165, 1.54) is 44.4 Å². The molecule has 0 bridgehead atoms. The van der Waals surface area contributed by atoms with Gasteiger partial charge in [0.25, 0.3) is 5.91 Å². The third kappa shape index (κ3) is 6.28. The first kappa shape index (κ1) is 22.8. The summed E-state index contributed by atoms with van der Waals surface area (Å²) in [5.41, 5.74) is 0.0471. The minimum atomic E-state index is -3.71. The monoisotopic (exact) mass is 474 g/mol. The van der Waals surface area contributed by atoms with Crippen LogP contribution in [0.3, 0.4) is 0 Å². The molecule has 0 unspecified atom stereocenters. The van der Waals surface area contributed by atoms with Gasteiger partial charge in [0.2, 0.25) is 10.0 Å². The molecule has 1 atom stereocenters. The van der Waals surface area contributed by atoms with E-state index in [1.807, 2.05) is 0 Å². The topological polar surface area (TPSA) is 102 Å². The van der Waals surface area contributed by atoms with E-state index in [0.29, 0.717) is 16.9 Å². The van der Waals surface area contributed by atoms with Crippen molar-refractivity contribution in [3.8, 4) is 0 Å². The third-order valence-corrected chi connectivity index (χ3v) is 6.98. The lowest BCUT2D eigenvalue weighted by Crippen LogP contribution is -2.38. The average Bonchev–Trinajstić information content (AvgIpc) is 2.66. The maximum Gasteiger partial charge on any atom is 0.340 e. The van der Waals surface area contributed by atoms with E-state index in [9.17, 15) is 18.0 Å². The quantitative estimate of drug-likeness (QED) is 0.563. The fourth-order valence-electron chi connectivity index (χ4n) is 3.16. The van der Waals surface area contributed by atoms with Gasteiger partial charge >= 0.3 is 5.97 Å². The van der Waals surface area contributed by atoms with Gasteiger partial charge in [-0.15, -0.1) is 0 Å². The maximum absolute atomic E-state index is 12.5. The number of halogens is 1. The number of amides is 1. The smallest absolute Gasteiger partial charge is 0.340 e. The van der Waals surface area contributed by atoms with Crippen LogP contribution in [-0.2, 0) is 19.6 Å². The van der Waals surface area contributed by atoms with Crippen molar-refractivity contribution in [2.45, 2.75) is 57.0 Å². The molecular weight excluding hydrogens is 448 g/mol. The highest BCUT2D eigenvalue weighted by Crippen LogP contribution is 2.24. The minimum absolute atomic E-state index is 0.0427. The summed E-state index contributed by atoms with van der Waals surface area (Å²) in [5.74, 6) is -0.644. The highest BCUT2D eigenvalue weighted by molar-refractivity contribution is 9.10. The van der Waals surface area contributed by atoms with Crippen LogP contribution in [0.4, 0.5) is 0 Å². The Balaban J connectivity index is 1.99. The van der Waals surface area contributed by atoms with E-state index in [1.54, 1.807) is 6.92 Å². The van der Waals surface area contributed by atoms with Crippen LogP contribution in [0.25, 0.3) is 0 Å². The number of esters is 1. The molecule has 0 saturated heterocycles. The molecule has 0 aliphatic heterocycles. The Kier molecular flexibility index (Phi) is 8.45. The molecule has 0 spiro atoms. The Labute approximate surface area is 174 Å². The zero-order chi connectivity index (χ0) is 20.7. The van der Waals surface area contributed by atoms with E-state index in [-0.39, 0.29) is 22.9 Å². The van der Waals surface area contributed by atoms with Crippen LogP contribution in [-0.4, -0.2) is 39.5 Å². The second kappa shape index (κ2) is 10.4. The number of nitrogens with one attached hydrogen (secondary N) is 2. The lowest BCUT2D eigenvalue weighted by Gasteiger charge is -2.22. The molecule has 1 saturated carbocycles. The first-order valence-electron chi connectivity index (χ1n) is 9.52. The van der Waals surface area contributed by atoms with Crippen molar-refractivity contribution in [3.05, 3.63) is 28.2 Å². The molecule has 7 nitrogen and oxygen atoms in total. The normalized spacial score (nSPS) is 16.4. The Morgan fingerprint density at radius 2 is 1.93 bits per heavy atom. The number of carbonyl (C=O) groups is 2. The van der Waals surface area contributed by atoms with Crippen LogP contribution in [0.5, 0.6) is 0 Å². The van der Waals surface area contributed by atoms with Crippen molar-refractivity contribution in [3.63, 3.8) is 0 Å². The first-order valence-corrected chi connectivity index (χ1v) is 11.8. The lowest BCUT2D eigenvalue weighted by atomic mass is 9.89. The highest BCUT2D eigenvalue weighted by atomic mass is 79.9. The molecule has 28 heavy (non-hydrogen) atoms. The number of hydrogen-bond acceptors (Lipinski definition) is 5. The summed E-state index contributed by atoms with van der Waals surface area (Å²) in [7, 11) is -3.71. The van der Waals surface area contributed by atoms with E-state index >= 15 is 0 Å². The Bertz CT molecular complexity index is 807. The predicted molar refractivity (Wildman–Crippen MR) is 109 cm³/mol. The summed E-state index contributed by atoms with van der Waals surface area (Å²) in [6, 6.07) is 4.09. The molecule has 2 rings (SSSR count). The number of hydrogen-bond donors (Lipinski definition) is 2. The molecule has 1 aliphatic carbocycles. The number of sulfonamides is 1. The van der Waals surface area contributed by atoms with Gasteiger partial charge in [-0.25, -0.2) is 17.9 Å². The van der Waals surface area contributed by atoms with Gasteiger partial charge < -0.3 is 10.1 Å². The molecule has 1 aromatic rings. The Morgan fingerprint density at radius 1 is 1.25 bits per heavy atom. The molecule has 1 amide bonds. The molecule has 1 fully saturated rings. The zero-order valence-electron chi connectivity index (χ0n) is 16.2. The van der Waals surface area contributed by atoms with Crippen LogP contribution in [0.15, 0.2) is 27.6 Å². The van der Waals surface area contributed by atoms with Crippen LogP contribution < -0.4 is 10.0 Å². The van der Waals surface area contributed by atoms with Crippen molar-refractivity contribution in [2.24, 2.45) is 5.92 Å². The molecular formula is C19H27BrN2O5S. The van der Waals surface area contributed by atoms with Crippen molar-refractivity contribution in [1.29, 1.82) is 0 Å². The number of benzene rings is 1. The van der Waals surface area contributed by atoms with E-state index in [0.717, 1.165) is 12.8 Å². The summed E-state index contributed by atoms with van der Waals surface area (Å²) in [6.45, 7) is 3.98. The second-order valence-electron chi connectivity index (χ2n) is 6.94. The molecule has 1 aliphatic rings. The minimum Gasteiger partial charge on any atom is -0.449 e. The van der Waals surface area contributed by atoms with Gasteiger partial charge in [0.1, 0.15) is 0 Å². The van der Waals surface area contributed by atoms with Crippen molar-refractivity contribution >= 4 is 37.8 Å². The summed E-state index contributed by atoms with van der Waals surface area (Å²) >= 11 is 3.23. The van der Waals surface area contributed by atoms with E-state index in [4.69, 9.17) is 4.74 Å².